The summed E-state index contributed by atoms with van der Waals surface area (Å²) >= 11 is 0. The van der Waals surface area contributed by atoms with Crippen LogP contribution in [0.2, 0.25) is 0 Å². The molecule has 1 atom stereocenters. The Bertz CT molecular complexity index is 1400. The molecule has 188 valence electrons. The van der Waals surface area contributed by atoms with E-state index in [4.69, 9.17) is 0 Å². The smallest absolute Gasteiger partial charge is 0.347 e. The SMILES string of the molecule is CCc1cnc2nc(CC)c(C(=O)NCc3ccc(-c4cn5c(n4)C[C@@H](C(F)(F)F)CC5)cc3)n2c1. The average Bonchev–Trinajstić information content (AvgIpc) is 3.47. The second kappa shape index (κ2) is 9.40. The van der Waals surface area contributed by atoms with Crippen LogP contribution in [-0.4, -0.2) is 36.0 Å². The number of aromatic nitrogens is 5. The van der Waals surface area contributed by atoms with E-state index >= 15 is 0 Å². The van der Waals surface area contributed by atoms with E-state index in [0.717, 1.165) is 23.1 Å². The quantitative estimate of drug-likeness (QED) is 0.417. The van der Waals surface area contributed by atoms with Crippen molar-refractivity contribution in [3.8, 4) is 11.3 Å². The minimum absolute atomic E-state index is 0.0764. The lowest BCUT2D eigenvalue weighted by molar-refractivity contribution is -0.179. The number of fused-ring (bicyclic) bond motifs is 2. The van der Waals surface area contributed by atoms with Crippen molar-refractivity contribution in [1.82, 2.24) is 29.2 Å². The fraction of sp³-hybridized carbons (Fsp3) is 0.385. The largest absolute Gasteiger partial charge is 0.392 e. The minimum Gasteiger partial charge on any atom is -0.347 e. The Morgan fingerprint density at radius 1 is 1.08 bits per heavy atom. The first-order valence-corrected chi connectivity index (χ1v) is 12.1. The molecule has 0 spiro atoms. The molecule has 4 aromatic rings. The molecule has 3 aromatic heterocycles. The molecule has 0 bridgehead atoms. The first kappa shape index (κ1) is 24.0. The van der Waals surface area contributed by atoms with Gasteiger partial charge in [-0.2, -0.15) is 13.2 Å². The van der Waals surface area contributed by atoms with Gasteiger partial charge >= 0.3 is 6.18 Å². The van der Waals surface area contributed by atoms with Crippen LogP contribution < -0.4 is 5.32 Å². The van der Waals surface area contributed by atoms with Gasteiger partial charge in [0.25, 0.3) is 5.91 Å². The zero-order valence-electron chi connectivity index (χ0n) is 20.1. The number of hydrogen-bond donors (Lipinski definition) is 1. The Morgan fingerprint density at radius 3 is 2.56 bits per heavy atom. The van der Waals surface area contributed by atoms with Gasteiger partial charge in [-0.3, -0.25) is 9.20 Å². The van der Waals surface area contributed by atoms with Gasteiger partial charge in [0.05, 0.1) is 17.3 Å². The molecular formula is C26H27F3N6O. The molecule has 0 unspecified atom stereocenters. The lowest BCUT2D eigenvalue weighted by Gasteiger charge is -2.25. The molecule has 1 amide bonds. The summed E-state index contributed by atoms with van der Waals surface area (Å²) in [4.78, 5) is 26.4. The number of amides is 1. The van der Waals surface area contributed by atoms with Crippen molar-refractivity contribution < 1.29 is 18.0 Å². The lowest BCUT2D eigenvalue weighted by atomic mass is 9.97. The number of halogens is 3. The van der Waals surface area contributed by atoms with E-state index in [1.165, 1.54) is 0 Å². The van der Waals surface area contributed by atoms with E-state index in [-0.39, 0.29) is 18.7 Å². The van der Waals surface area contributed by atoms with Crippen molar-refractivity contribution in [2.45, 2.75) is 58.8 Å². The number of hydrogen-bond acceptors (Lipinski definition) is 4. The van der Waals surface area contributed by atoms with Crippen molar-refractivity contribution in [3.05, 3.63) is 71.2 Å². The molecule has 36 heavy (non-hydrogen) atoms. The zero-order chi connectivity index (χ0) is 25.4. The van der Waals surface area contributed by atoms with Gasteiger partial charge in [0.15, 0.2) is 0 Å². The number of nitrogens with one attached hydrogen (secondary N) is 1. The van der Waals surface area contributed by atoms with Crippen LogP contribution in [0.5, 0.6) is 0 Å². The molecule has 5 rings (SSSR count). The van der Waals surface area contributed by atoms with Crippen LogP contribution in [0.15, 0.2) is 42.9 Å². The first-order chi connectivity index (χ1) is 17.3. The van der Waals surface area contributed by atoms with E-state index in [0.29, 0.717) is 48.2 Å². The van der Waals surface area contributed by atoms with E-state index < -0.39 is 12.1 Å². The van der Waals surface area contributed by atoms with Crippen molar-refractivity contribution in [2.75, 3.05) is 0 Å². The van der Waals surface area contributed by atoms with Crippen molar-refractivity contribution in [3.63, 3.8) is 0 Å². The molecule has 10 heteroatoms. The maximum Gasteiger partial charge on any atom is 0.392 e. The monoisotopic (exact) mass is 496 g/mol. The third-order valence-corrected chi connectivity index (χ3v) is 6.74. The predicted molar refractivity (Wildman–Crippen MR) is 128 cm³/mol. The molecule has 0 aliphatic carbocycles. The molecule has 7 nitrogen and oxygen atoms in total. The Balaban J connectivity index is 1.28. The van der Waals surface area contributed by atoms with E-state index in [2.05, 4.69) is 20.3 Å². The standard InChI is InChI=1S/C26H27F3N6O/c1-3-16-12-31-25-33-20(4-2)23(35(25)14-16)24(36)30-13-17-5-7-18(8-6-17)21-15-34-10-9-19(26(27,28)29)11-22(34)32-21/h5-8,12,14-15,19H,3-4,9-11,13H2,1-2H3,(H,30,36)/t19-/m0/s1. The Kier molecular flexibility index (Phi) is 6.27. The number of aryl methyl sites for hydroxylation is 3. The molecule has 1 N–H and O–H groups in total. The highest BCUT2D eigenvalue weighted by Crippen LogP contribution is 2.35. The maximum atomic E-state index is 13.1. The van der Waals surface area contributed by atoms with Crippen molar-refractivity contribution in [2.24, 2.45) is 5.92 Å². The first-order valence-electron chi connectivity index (χ1n) is 12.1. The summed E-state index contributed by atoms with van der Waals surface area (Å²) in [6.45, 7) is 4.62. The van der Waals surface area contributed by atoms with Crippen LogP contribution in [0.3, 0.4) is 0 Å². The van der Waals surface area contributed by atoms with Crippen LogP contribution >= 0.6 is 0 Å². The Hall–Kier alpha value is -3.69. The number of rotatable bonds is 6. The molecule has 0 saturated carbocycles. The lowest BCUT2D eigenvalue weighted by Crippen LogP contribution is -2.31. The number of carbonyl (C=O) groups is 1. The number of imidazole rings is 2. The van der Waals surface area contributed by atoms with Gasteiger partial charge in [0.2, 0.25) is 5.78 Å². The van der Waals surface area contributed by atoms with Crippen molar-refractivity contribution >= 4 is 11.7 Å². The van der Waals surface area contributed by atoms with Gasteiger partial charge < -0.3 is 9.88 Å². The zero-order valence-corrected chi connectivity index (χ0v) is 20.1. The molecule has 0 saturated heterocycles. The third kappa shape index (κ3) is 4.59. The summed E-state index contributed by atoms with van der Waals surface area (Å²) in [5, 5.41) is 2.97. The number of carbonyl (C=O) groups excluding carboxylic acids is 1. The van der Waals surface area contributed by atoms with Crippen LogP contribution in [0, 0.1) is 5.92 Å². The Morgan fingerprint density at radius 2 is 1.86 bits per heavy atom. The van der Waals surface area contributed by atoms with Gasteiger partial charge in [-0.25, -0.2) is 15.0 Å². The molecule has 0 radical (unpaired) electrons. The molecule has 1 aliphatic rings. The highest BCUT2D eigenvalue weighted by atomic mass is 19.4. The summed E-state index contributed by atoms with van der Waals surface area (Å²) in [6.07, 6.45) is 2.70. The number of alkyl halides is 3. The fourth-order valence-corrected chi connectivity index (χ4v) is 4.60. The number of nitrogens with zero attached hydrogens (tertiary/aromatic N) is 5. The summed E-state index contributed by atoms with van der Waals surface area (Å²) in [5.41, 5.74) is 4.58. The topological polar surface area (TPSA) is 77.1 Å². The summed E-state index contributed by atoms with van der Waals surface area (Å²) < 4.78 is 42.9. The van der Waals surface area contributed by atoms with Crippen LogP contribution in [0.1, 0.15) is 53.4 Å². The molecular weight excluding hydrogens is 469 g/mol. The van der Waals surface area contributed by atoms with Crippen LogP contribution in [-0.2, 0) is 32.4 Å². The second-order valence-electron chi connectivity index (χ2n) is 9.09. The number of benzene rings is 1. The third-order valence-electron chi connectivity index (χ3n) is 6.74. The van der Waals surface area contributed by atoms with E-state index in [9.17, 15) is 18.0 Å². The molecule has 1 aromatic carbocycles. The highest BCUT2D eigenvalue weighted by Gasteiger charge is 2.41. The average molecular weight is 497 g/mol. The molecule has 1 aliphatic heterocycles. The normalized spacial score (nSPS) is 15.8. The summed E-state index contributed by atoms with van der Waals surface area (Å²) in [7, 11) is 0. The van der Waals surface area contributed by atoms with E-state index in [1.807, 2.05) is 55.1 Å². The second-order valence-corrected chi connectivity index (χ2v) is 9.09. The van der Waals surface area contributed by atoms with Gasteiger partial charge in [0, 0.05) is 43.7 Å². The molecule has 0 fully saturated rings. The van der Waals surface area contributed by atoms with Gasteiger partial charge in [-0.1, -0.05) is 38.1 Å². The maximum absolute atomic E-state index is 13.1. The summed E-state index contributed by atoms with van der Waals surface area (Å²) in [6, 6.07) is 7.53. The van der Waals surface area contributed by atoms with Gasteiger partial charge in [0.1, 0.15) is 11.5 Å². The highest BCUT2D eigenvalue weighted by molar-refractivity contribution is 5.94. The van der Waals surface area contributed by atoms with E-state index in [1.54, 1.807) is 10.6 Å². The van der Waals surface area contributed by atoms with Crippen molar-refractivity contribution in [1.29, 1.82) is 0 Å². The predicted octanol–water partition coefficient (Wildman–Crippen LogP) is 4.77. The van der Waals surface area contributed by atoms with Gasteiger partial charge in [-0.15, -0.1) is 0 Å². The van der Waals surface area contributed by atoms with Crippen LogP contribution in [0.4, 0.5) is 13.2 Å². The van der Waals surface area contributed by atoms with Gasteiger partial charge in [-0.05, 0) is 30.4 Å². The summed E-state index contributed by atoms with van der Waals surface area (Å²) in [5.74, 6) is -0.588. The fourth-order valence-electron chi connectivity index (χ4n) is 4.60. The molecule has 4 heterocycles. The Labute approximate surface area is 206 Å². The minimum atomic E-state index is -4.20. The van der Waals surface area contributed by atoms with Crippen LogP contribution in [0.25, 0.3) is 17.0 Å².